The van der Waals surface area contributed by atoms with E-state index in [0.29, 0.717) is 17.9 Å². The van der Waals surface area contributed by atoms with E-state index in [4.69, 9.17) is 5.73 Å². The van der Waals surface area contributed by atoms with Crippen LogP contribution in [0.2, 0.25) is 0 Å². The van der Waals surface area contributed by atoms with Crippen LogP contribution in [0.5, 0.6) is 0 Å². The number of aromatic nitrogens is 3. The van der Waals surface area contributed by atoms with Crippen LogP contribution in [0.15, 0.2) is 6.20 Å². The number of nitrogen functional groups attached to an aromatic ring is 1. The van der Waals surface area contributed by atoms with Crippen LogP contribution in [0, 0.1) is 6.92 Å². The van der Waals surface area contributed by atoms with Gasteiger partial charge in [0.2, 0.25) is 0 Å². The van der Waals surface area contributed by atoms with E-state index in [1.165, 1.54) is 4.88 Å². The summed E-state index contributed by atoms with van der Waals surface area (Å²) in [6, 6.07) is 0. The number of nitrogens with zero attached hydrogens (tertiary/aromatic N) is 2. The van der Waals surface area contributed by atoms with E-state index in [-0.39, 0.29) is 11.6 Å². The van der Waals surface area contributed by atoms with Crippen LogP contribution < -0.4 is 11.1 Å². The number of rotatable bonds is 4. The number of carbonyl (C=O) groups excluding carboxylic acids is 1. The predicted molar refractivity (Wildman–Crippen MR) is 70.4 cm³/mol. The third-order valence-electron chi connectivity index (χ3n) is 2.56. The summed E-state index contributed by atoms with van der Waals surface area (Å²) in [7, 11) is 0. The van der Waals surface area contributed by atoms with E-state index in [1.807, 2.05) is 6.20 Å². The summed E-state index contributed by atoms with van der Waals surface area (Å²) in [5.74, 6) is -0.287. The Balaban J connectivity index is 1.98. The summed E-state index contributed by atoms with van der Waals surface area (Å²) >= 11 is 1.59. The summed E-state index contributed by atoms with van der Waals surface area (Å²) in [6.45, 7) is 4.24. The lowest BCUT2D eigenvalue weighted by atomic mass is 10.3. The Bertz CT molecular complexity index is 560. The molecule has 0 aliphatic rings. The molecule has 2 heterocycles. The first-order chi connectivity index (χ1) is 8.61. The van der Waals surface area contributed by atoms with Crippen molar-refractivity contribution in [1.29, 1.82) is 0 Å². The lowest BCUT2D eigenvalue weighted by Gasteiger charge is -2.00. The first kappa shape index (κ1) is 12.6. The van der Waals surface area contributed by atoms with Gasteiger partial charge in [0.05, 0.1) is 17.9 Å². The Kier molecular flexibility index (Phi) is 3.61. The fourth-order valence-corrected chi connectivity index (χ4v) is 2.25. The number of aryl methyl sites for hydroxylation is 2. The van der Waals surface area contributed by atoms with Gasteiger partial charge >= 0.3 is 0 Å². The first-order valence-electron chi connectivity index (χ1n) is 5.64. The molecule has 2 aromatic rings. The lowest BCUT2D eigenvalue weighted by Crippen LogP contribution is -2.24. The number of nitrogens with one attached hydrogen (secondary N) is 2. The molecule has 0 fully saturated rings. The average Bonchev–Trinajstić information content (AvgIpc) is 2.95. The maximum atomic E-state index is 11.8. The third kappa shape index (κ3) is 2.51. The van der Waals surface area contributed by atoms with Gasteiger partial charge in [-0.25, -0.2) is 4.98 Å². The Labute approximate surface area is 109 Å². The van der Waals surface area contributed by atoms with E-state index >= 15 is 0 Å². The standard InChI is InChI=1S/C11H15N5OS/c1-3-7-4-13-8(18-7)5-14-11(17)10-9(12)6(2)15-16-10/h4H,3,5,12H2,1-2H3,(H,14,17)(H,15,16). The van der Waals surface area contributed by atoms with Gasteiger partial charge in [-0.05, 0) is 13.3 Å². The van der Waals surface area contributed by atoms with Crippen LogP contribution in [0.1, 0.15) is 33.0 Å². The number of carbonyl (C=O) groups is 1. The second kappa shape index (κ2) is 5.18. The number of nitrogens with two attached hydrogens (primary N) is 1. The molecule has 0 aliphatic heterocycles. The predicted octanol–water partition coefficient (Wildman–Crippen LogP) is 1.25. The largest absolute Gasteiger partial charge is 0.395 e. The van der Waals surface area contributed by atoms with Crippen LogP contribution in [0.3, 0.4) is 0 Å². The fraction of sp³-hybridized carbons (Fsp3) is 0.364. The zero-order valence-electron chi connectivity index (χ0n) is 10.3. The highest BCUT2D eigenvalue weighted by Crippen LogP contribution is 2.14. The minimum atomic E-state index is -0.287. The van der Waals surface area contributed by atoms with Gasteiger partial charge in [0.25, 0.3) is 5.91 Å². The molecule has 96 valence electrons. The molecule has 0 radical (unpaired) electrons. The second-order valence-electron chi connectivity index (χ2n) is 3.87. The molecule has 2 aromatic heterocycles. The summed E-state index contributed by atoms with van der Waals surface area (Å²) in [6.07, 6.45) is 2.79. The summed E-state index contributed by atoms with van der Waals surface area (Å²) in [4.78, 5) is 17.3. The second-order valence-corrected chi connectivity index (χ2v) is 5.07. The van der Waals surface area contributed by atoms with Crippen molar-refractivity contribution in [1.82, 2.24) is 20.5 Å². The SMILES string of the molecule is CCc1cnc(CNC(=O)c2n[nH]c(C)c2N)s1. The number of thiazole rings is 1. The van der Waals surface area contributed by atoms with Crippen LogP contribution in [0.4, 0.5) is 5.69 Å². The Morgan fingerprint density at radius 2 is 2.39 bits per heavy atom. The van der Waals surface area contributed by atoms with Gasteiger partial charge in [-0.2, -0.15) is 5.10 Å². The van der Waals surface area contributed by atoms with E-state index in [9.17, 15) is 4.79 Å². The van der Waals surface area contributed by atoms with Gasteiger partial charge in [0.1, 0.15) is 5.01 Å². The molecule has 0 saturated heterocycles. The fourth-order valence-electron chi connectivity index (χ4n) is 1.44. The Morgan fingerprint density at radius 1 is 1.61 bits per heavy atom. The van der Waals surface area contributed by atoms with Crippen molar-refractivity contribution in [3.63, 3.8) is 0 Å². The molecule has 4 N–H and O–H groups in total. The first-order valence-corrected chi connectivity index (χ1v) is 6.45. The Morgan fingerprint density at radius 3 is 2.94 bits per heavy atom. The number of aromatic amines is 1. The summed E-state index contributed by atoms with van der Waals surface area (Å²) in [5, 5.41) is 10.2. The average molecular weight is 265 g/mol. The van der Waals surface area contributed by atoms with Gasteiger partial charge < -0.3 is 11.1 Å². The maximum absolute atomic E-state index is 11.8. The van der Waals surface area contributed by atoms with Crippen molar-refractivity contribution in [2.75, 3.05) is 5.73 Å². The van der Waals surface area contributed by atoms with Crippen molar-refractivity contribution < 1.29 is 4.79 Å². The zero-order valence-corrected chi connectivity index (χ0v) is 11.1. The number of anilines is 1. The van der Waals surface area contributed by atoms with Gasteiger partial charge in [0.15, 0.2) is 5.69 Å². The van der Waals surface area contributed by atoms with Crippen molar-refractivity contribution in [3.8, 4) is 0 Å². The molecule has 2 rings (SSSR count). The molecule has 18 heavy (non-hydrogen) atoms. The van der Waals surface area contributed by atoms with Gasteiger partial charge in [0, 0.05) is 11.1 Å². The highest BCUT2D eigenvalue weighted by molar-refractivity contribution is 7.11. The molecular weight excluding hydrogens is 250 g/mol. The van der Waals surface area contributed by atoms with Crippen molar-refractivity contribution in [2.24, 2.45) is 0 Å². The highest BCUT2D eigenvalue weighted by Gasteiger charge is 2.15. The number of H-pyrrole nitrogens is 1. The van der Waals surface area contributed by atoms with E-state index < -0.39 is 0 Å². The van der Waals surface area contributed by atoms with E-state index in [2.05, 4.69) is 27.4 Å². The molecular formula is C11H15N5OS. The molecule has 0 aliphatic carbocycles. The lowest BCUT2D eigenvalue weighted by molar-refractivity contribution is 0.0946. The van der Waals surface area contributed by atoms with E-state index in [1.54, 1.807) is 18.3 Å². The Hall–Kier alpha value is -1.89. The monoisotopic (exact) mass is 265 g/mol. The quantitative estimate of drug-likeness (QED) is 0.775. The smallest absolute Gasteiger partial charge is 0.274 e. The minimum absolute atomic E-state index is 0.236. The minimum Gasteiger partial charge on any atom is -0.395 e. The maximum Gasteiger partial charge on any atom is 0.274 e. The molecule has 0 aromatic carbocycles. The topological polar surface area (TPSA) is 96.7 Å². The third-order valence-corrected chi connectivity index (χ3v) is 3.70. The number of hydrogen-bond acceptors (Lipinski definition) is 5. The summed E-state index contributed by atoms with van der Waals surface area (Å²) in [5.41, 5.74) is 7.05. The van der Waals surface area contributed by atoms with E-state index in [0.717, 1.165) is 11.4 Å². The molecule has 0 atom stereocenters. The van der Waals surface area contributed by atoms with Crippen LogP contribution in [-0.2, 0) is 13.0 Å². The molecule has 0 spiro atoms. The summed E-state index contributed by atoms with van der Waals surface area (Å²) < 4.78 is 0. The molecule has 1 amide bonds. The van der Waals surface area contributed by atoms with Gasteiger partial charge in [-0.15, -0.1) is 11.3 Å². The highest BCUT2D eigenvalue weighted by atomic mass is 32.1. The van der Waals surface area contributed by atoms with Crippen LogP contribution in [-0.4, -0.2) is 21.1 Å². The molecule has 7 heteroatoms. The molecule has 0 saturated carbocycles. The normalized spacial score (nSPS) is 10.6. The van der Waals surface area contributed by atoms with Crippen molar-refractivity contribution in [2.45, 2.75) is 26.8 Å². The molecule has 0 bridgehead atoms. The van der Waals surface area contributed by atoms with Crippen molar-refractivity contribution >= 4 is 22.9 Å². The molecule has 6 nitrogen and oxygen atoms in total. The van der Waals surface area contributed by atoms with Gasteiger partial charge in [-0.1, -0.05) is 6.92 Å². The zero-order chi connectivity index (χ0) is 13.1. The number of hydrogen-bond donors (Lipinski definition) is 3. The van der Waals surface area contributed by atoms with Gasteiger partial charge in [-0.3, -0.25) is 9.89 Å². The number of amides is 1. The van der Waals surface area contributed by atoms with Crippen LogP contribution >= 0.6 is 11.3 Å². The van der Waals surface area contributed by atoms with Crippen molar-refractivity contribution in [3.05, 3.63) is 27.5 Å². The molecule has 0 unspecified atom stereocenters. The van der Waals surface area contributed by atoms with Crippen LogP contribution in [0.25, 0.3) is 0 Å².